The molecule has 1 aromatic carbocycles. The quantitative estimate of drug-likeness (QED) is 0.260. The van der Waals surface area contributed by atoms with Crippen LogP contribution in [0.3, 0.4) is 0 Å². The van der Waals surface area contributed by atoms with Gasteiger partial charge in [0.1, 0.15) is 0 Å². The number of nitrogens with one attached hydrogen (secondary N) is 2. The zero-order valence-corrected chi connectivity index (χ0v) is 19.6. The molecule has 0 bridgehead atoms. The van der Waals surface area contributed by atoms with Crippen LogP contribution in [0.15, 0.2) is 41.5 Å². The van der Waals surface area contributed by atoms with Crippen molar-refractivity contribution in [2.75, 3.05) is 19.6 Å². The predicted molar refractivity (Wildman–Crippen MR) is 126 cm³/mol. The molecule has 1 aliphatic heterocycles. The van der Waals surface area contributed by atoms with E-state index < -0.39 is 0 Å². The Kier molecular flexibility index (Phi) is 9.43. The Bertz CT molecular complexity index is 819. The minimum Gasteiger partial charge on any atom is -0.357 e. The van der Waals surface area contributed by atoms with Crippen LogP contribution in [0.25, 0.3) is 0 Å². The Labute approximate surface area is 190 Å². The number of amides is 1. The van der Waals surface area contributed by atoms with E-state index in [1.54, 1.807) is 6.20 Å². The minimum atomic E-state index is 0. The van der Waals surface area contributed by atoms with Crippen molar-refractivity contribution >= 4 is 35.8 Å². The van der Waals surface area contributed by atoms with E-state index in [1.165, 1.54) is 11.1 Å². The summed E-state index contributed by atoms with van der Waals surface area (Å²) in [6.07, 6.45) is 4.06. The molecular weight excluding hydrogens is 479 g/mol. The van der Waals surface area contributed by atoms with Crippen LogP contribution >= 0.6 is 24.0 Å². The molecule has 3 rings (SSSR count). The van der Waals surface area contributed by atoms with Gasteiger partial charge in [0.15, 0.2) is 5.96 Å². The summed E-state index contributed by atoms with van der Waals surface area (Å²) in [5, 5.41) is 10.7. The van der Waals surface area contributed by atoms with Crippen molar-refractivity contribution < 1.29 is 4.79 Å². The van der Waals surface area contributed by atoms with Gasteiger partial charge in [-0.3, -0.25) is 9.48 Å². The molecule has 0 saturated heterocycles. The number of aromatic nitrogens is 2. The SMILES string of the molecule is CCNC(=NCc1ccnn1C)NCCCC(=O)N1CCc2ccccc2C1.I. The van der Waals surface area contributed by atoms with Gasteiger partial charge in [-0.2, -0.15) is 5.10 Å². The van der Waals surface area contributed by atoms with Crippen molar-refractivity contribution in [2.45, 2.75) is 39.3 Å². The molecular formula is C21H31IN6O. The van der Waals surface area contributed by atoms with E-state index in [9.17, 15) is 4.79 Å². The number of carbonyl (C=O) groups is 1. The van der Waals surface area contributed by atoms with Gasteiger partial charge >= 0.3 is 0 Å². The summed E-state index contributed by atoms with van der Waals surface area (Å²) in [6, 6.07) is 10.4. The maximum atomic E-state index is 12.5. The molecule has 0 atom stereocenters. The highest BCUT2D eigenvalue weighted by molar-refractivity contribution is 14.0. The summed E-state index contributed by atoms with van der Waals surface area (Å²) >= 11 is 0. The molecule has 2 aromatic rings. The molecule has 1 aromatic heterocycles. The molecule has 0 radical (unpaired) electrons. The smallest absolute Gasteiger partial charge is 0.222 e. The van der Waals surface area contributed by atoms with Gasteiger partial charge in [-0.15, -0.1) is 24.0 Å². The predicted octanol–water partition coefficient (Wildman–Crippen LogP) is 2.46. The number of carbonyl (C=O) groups excluding carboxylic acids is 1. The highest BCUT2D eigenvalue weighted by Gasteiger charge is 2.19. The van der Waals surface area contributed by atoms with Crippen molar-refractivity contribution in [3.8, 4) is 0 Å². The normalized spacial score (nSPS) is 13.4. The monoisotopic (exact) mass is 510 g/mol. The molecule has 0 unspecified atom stereocenters. The van der Waals surface area contributed by atoms with Gasteiger partial charge < -0.3 is 15.5 Å². The number of aryl methyl sites for hydroxylation is 1. The topological polar surface area (TPSA) is 74.5 Å². The Morgan fingerprint density at radius 1 is 1.21 bits per heavy atom. The molecule has 1 aliphatic rings. The van der Waals surface area contributed by atoms with E-state index in [1.807, 2.05) is 35.7 Å². The Morgan fingerprint density at radius 3 is 2.72 bits per heavy atom. The van der Waals surface area contributed by atoms with Crippen molar-refractivity contribution in [2.24, 2.45) is 12.0 Å². The molecule has 1 amide bonds. The number of benzene rings is 1. The fourth-order valence-electron chi connectivity index (χ4n) is 3.37. The van der Waals surface area contributed by atoms with Gasteiger partial charge in [0.05, 0.1) is 12.2 Å². The second kappa shape index (κ2) is 11.8. The molecule has 158 valence electrons. The van der Waals surface area contributed by atoms with E-state index >= 15 is 0 Å². The van der Waals surface area contributed by atoms with Crippen LogP contribution in [0.5, 0.6) is 0 Å². The molecule has 29 heavy (non-hydrogen) atoms. The molecule has 0 spiro atoms. The maximum Gasteiger partial charge on any atom is 0.222 e. The molecule has 2 N–H and O–H groups in total. The van der Waals surface area contributed by atoms with Crippen LogP contribution in [0.1, 0.15) is 36.6 Å². The first-order valence-electron chi connectivity index (χ1n) is 10.0. The van der Waals surface area contributed by atoms with Crippen molar-refractivity contribution in [1.29, 1.82) is 0 Å². The van der Waals surface area contributed by atoms with E-state index in [0.29, 0.717) is 19.5 Å². The van der Waals surface area contributed by atoms with Gasteiger partial charge in [-0.25, -0.2) is 4.99 Å². The number of fused-ring (bicyclic) bond motifs is 1. The number of halogens is 1. The lowest BCUT2D eigenvalue weighted by Crippen LogP contribution is -2.39. The van der Waals surface area contributed by atoms with Crippen LogP contribution < -0.4 is 10.6 Å². The number of nitrogens with zero attached hydrogens (tertiary/aromatic N) is 4. The van der Waals surface area contributed by atoms with E-state index in [4.69, 9.17) is 0 Å². The summed E-state index contributed by atoms with van der Waals surface area (Å²) in [7, 11) is 1.91. The first-order chi connectivity index (χ1) is 13.7. The van der Waals surface area contributed by atoms with Crippen LogP contribution in [-0.4, -0.2) is 46.2 Å². The first kappa shape index (κ1) is 23.2. The van der Waals surface area contributed by atoms with Gasteiger partial charge in [0.2, 0.25) is 5.91 Å². The van der Waals surface area contributed by atoms with Gasteiger partial charge in [0, 0.05) is 45.8 Å². The molecule has 0 fully saturated rings. The average Bonchev–Trinajstić information content (AvgIpc) is 3.13. The third-order valence-corrected chi connectivity index (χ3v) is 5.01. The molecule has 7 nitrogen and oxygen atoms in total. The van der Waals surface area contributed by atoms with Crippen LogP contribution in [0.2, 0.25) is 0 Å². The summed E-state index contributed by atoms with van der Waals surface area (Å²) in [5.41, 5.74) is 3.70. The Balaban J connectivity index is 0.00000300. The number of aliphatic imine (C=N–C) groups is 1. The lowest BCUT2D eigenvalue weighted by molar-refractivity contribution is -0.132. The second-order valence-corrected chi connectivity index (χ2v) is 7.01. The third-order valence-electron chi connectivity index (χ3n) is 5.01. The Hall–Kier alpha value is -2.10. The highest BCUT2D eigenvalue weighted by atomic mass is 127. The van der Waals surface area contributed by atoms with Gasteiger partial charge in [0.25, 0.3) is 0 Å². The summed E-state index contributed by atoms with van der Waals surface area (Å²) < 4.78 is 1.82. The minimum absolute atomic E-state index is 0. The highest BCUT2D eigenvalue weighted by Crippen LogP contribution is 2.19. The van der Waals surface area contributed by atoms with Crippen molar-refractivity contribution in [1.82, 2.24) is 25.3 Å². The van der Waals surface area contributed by atoms with Gasteiger partial charge in [-0.1, -0.05) is 24.3 Å². The molecule has 8 heteroatoms. The molecule has 0 aliphatic carbocycles. The Morgan fingerprint density at radius 2 is 2.00 bits per heavy atom. The average molecular weight is 510 g/mol. The van der Waals surface area contributed by atoms with E-state index in [2.05, 4.69) is 38.9 Å². The van der Waals surface area contributed by atoms with E-state index in [0.717, 1.165) is 44.1 Å². The third kappa shape index (κ3) is 6.73. The fraction of sp³-hybridized carbons (Fsp3) is 0.476. The lowest BCUT2D eigenvalue weighted by Gasteiger charge is -2.29. The summed E-state index contributed by atoms with van der Waals surface area (Å²) in [6.45, 7) is 5.67. The lowest BCUT2D eigenvalue weighted by atomic mass is 9.99. The number of rotatable bonds is 7. The summed E-state index contributed by atoms with van der Waals surface area (Å²) in [5.74, 6) is 0.996. The standard InChI is InChI=1S/C21H30N6O.HI/c1-3-22-21(24-15-19-10-13-25-26(19)2)23-12-6-9-20(28)27-14-11-17-7-4-5-8-18(17)16-27;/h4-5,7-8,10,13H,3,6,9,11-12,14-16H2,1-2H3,(H2,22,23,24);1H. The van der Waals surface area contributed by atoms with E-state index in [-0.39, 0.29) is 29.9 Å². The van der Waals surface area contributed by atoms with Crippen LogP contribution in [0, 0.1) is 0 Å². The first-order valence-corrected chi connectivity index (χ1v) is 10.0. The van der Waals surface area contributed by atoms with Crippen LogP contribution in [-0.2, 0) is 31.4 Å². The summed E-state index contributed by atoms with van der Waals surface area (Å²) in [4.78, 5) is 19.1. The zero-order valence-electron chi connectivity index (χ0n) is 17.2. The number of hydrogen-bond donors (Lipinski definition) is 2. The van der Waals surface area contributed by atoms with Gasteiger partial charge in [-0.05, 0) is 37.0 Å². The van der Waals surface area contributed by atoms with Crippen molar-refractivity contribution in [3.63, 3.8) is 0 Å². The number of guanidine groups is 1. The molecule has 0 saturated carbocycles. The fourth-order valence-corrected chi connectivity index (χ4v) is 3.37. The second-order valence-electron chi connectivity index (χ2n) is 7.01. The zero-order chi connectivity index (χ0) is 19.8. The number of hydrogen-bond acceptors (Lipinski definition) is 3. The van der Waals surface area contributed by atoms with Crippen molar-refractivity contribution in [3.05, 3.63) is 53.3 Å². The largest absolute Gasteiger partial charge is 0.357 e. The maximum absolute atomic E-state index is 12.5. The molecule has 2 heterocycles. The van der Waals surface area contributed by atoms with Crippen LogP contribution in [0.4, 0.5) is 0 Å².